The van der Waals surface area contributed by atoms with Crippen molar-refractivity contribution in [2.24, 2.45) is 0 Å². The van der Waals surface area contributed by atoms with E-state index in [1.807, 2.05) is 16.8 Å². The van der Waals surface area contributed by atoms with Gasteiger partial charge in [-0.1, -0.05) is 0 Å². The molecular formula is C11H15NO3. The molecule has 4 heteroatoms. The zero-order valence-corrected chi connectivity index (χ0v) is 8.77. The number of aryl methyl sites for hydroxylation is 1. The van der Waals surface area contributed by atoms with Crippen LogP contribution in [0.15, 0.2) is 12.3 Å². The van der Waals surface area contributed by atoms with Crippen molar-refractivity contribution in [2.45, 2.75) is 25.3 Å². The molecule has 0 saturated carbocycles. The Kier molecular flexibility index (Phi) is 2.77. The molecule has 1 aromatic rings. The van der Waals surface area contributed by atoms with Gasteiger partial charge in [0.15, 0.2) is 0 Å². The van der Waals surface area contributed by atoms with Crippen molar-refractivity contribution >= 4 is 5.97 Å². The fraction of sp³-hybridized carbons (Fsp3) is 0.545. The van der Waals surface area contributed by atoms with Gasteiger partial charge in [-0.3, -0.25) is 4.79 Å². The van der Waals surface area contributed by atoms with E-state index >= 15 is 0 Å². The number of rotatable bonds is 4. The van der Waals surface area contributed by atoms with E-state index in [9.17, 15) is 4.79 Å². The van der Waals surface area contributed by atoms with E-state index in [1.165, 1.54) is 0 Å². The number of aromatic nitrogens is 1. The first-order chi connectivity index (χ1) is 7.22. The molecule has 2 heterocycles. The third kappa shape index (κ3) is 1.90. The van der Waals surface area contributed by atoms with Crippen LogP contribution in [0, 0.1) is 0 Å². The summed E-state index contributed by atoms with van der Waals surface area (Å²) >= 11 is 0. The van der Waals surface area contributed by atoms with Gasteiger partial charge in [0, 0.05) is 25.5 Å². The number of hydrogen-bond acceptors (Lipinski definition) is 2. The van der Waals surface area contributed by atoms with Gasteiger partial charge < -0.3 is 14.4 Å². The van der Waals surface area contributed by atoms with Crippen LogP contribution in [0.4, 0.5) is 0 Å². The Labute approximate surface area is 88.5 Å². The second-order valence-corrected chi connectivity index (χ2v) is 3.89. The summed E-state index contributed by atoms with van der Waals surface area (Å²) in [5, 5.41) is 9.01. The van der Waals surface area contributed by atoms with Crippen molar-refractivity contribution in [3.63, 3.8) is 0 Å². The standard InChI is InChI=1S/C11H15NO3/c1-15-5-3-8-6-10-9(11(13)14)2-4-12(10)7-8/h6-7,9H,2-5H2,1H3,(H,13,14). The zero-order valence-electron chi connectivity index (χ0n) is 8.77. The molecule has 0 fully saturated rings. The topological polar surface area (TPSA) is 51.5 Å². The van der Waals surface area contributed by atoms with Crippen LogP contribution >= 0.6 is 0 Å². The van der Waals surface area contributed by atoms with Crippen LogP contribution in [-0.4, -0.2) is 29.4 Å². The summed E-state index contributed by atoms with van der Waals surface area (Å²) in [6.45, 7) is 1.50. The summed E-state index contributed by atoms with van der Waals surface area (Å²) < 4.78 is 7.04. The predicted molar refractivity (Wildman–Crippen MR) is 55.0 cm³/mol. The predicted octanol–water partition coefficient (Wildman–Crippen LogP) is 1.25. The molecule has 1 aromatic heterocycles. The van der Waals surface area contributed by atoms with Crippen molar-refractivity contribution in [1.82, 2.24) is 4.57 Å². The Morgan fingerprint density at radius 1 is 1.73 bits per heavy atom. The number of carboxylic acids is 1. The molecule has 1 N–H and O–H groups in total. The molecule has 0 saturated heterocycles. The minimum absolute atomic E-state index is 0.318. The molecule has 1 aliphatic rings. The third-order valence-electron chi connectivity index (χ3n) is 2.90. The van der Waals surface area contributed by atoms with E-state index < -0.39 is 5.97 Å². The van der Waals surface area contributed by atoms with Gasteiger partial charge in [-0.2, -0.15) is 0 Å². The van der Waals surface area contributed by atoms with Gasteiger partial charge in [-0.15, -0.1) is 0 Å². The summed E-state index contributed by atoms with van der Waals surface area (Å²) in [5.74, 6) is -1.04. The molecule has 1 aliphatic heterocycles. The molecule has 0 bridgehead atoms. The van der Waals surface area contributed by atoms with Gasteiger partial charge in [0.2, 0.25) is 0 Å². The highest BCUT2D eigenvalue weighted by atomic mass is 16.5. The lowest BCUT2D eigenvalue weighted by atomic mass is 10.0. The molecule has 0 aliphatic carbocycles. The van der Waals surface area contributed by atoms with Gasteiger partial charge in [0.1, 0.15) is 0 Å². The smallest absolute Gasteiger partial charge is 0.312 e. The highest BCUT2D eigenvalue weighted by Gasteiger charge is 2.28. The minimum Gasteiger partial charge on any atom is -0.481 e. The van der Waals surface area contributed by atoms with Crippen molar-refractivity contribution in [2.75, 3.05) is 13.7 Å². The Balaban J connectivity index is 2.15. The summed E-state index contributed by atoms with van der Waals surface area (Å²) in [4.78, 5) is 10.9. The van der Waals surface area contributed by atoms with Crippen LogP contribution in [-0.2, 0) is 22.5 Å². The quantitative estimate of drug-likeness (QED) is 0.812. The van der Waals surface area contributed by atoms with E-state index in [0.29, 0.717) is 6.61 Å². The second kappa shape index (κ2) is 4.06. The molecule has 1 atom stereocenters. The maximum Gasteiger partial charge on any atom is 0.312 e. The van der Waals surface area contributed by atoms with Gasteiger partial charge in [-0.25, -0.2) is 0 Å². The molecule has 4 nitrogen and oxygen atoms in total. The summed E-state index contributed by atoms with van der Waals surface area (Å²) in [7, 11) is 1.67. The molecule has 82 valence electrons. The van der Waals surface area contributed by atoms with Crippen LogP contribution in [0.5, 0.6) is 0 Å². The number of fused-ring (bicyclic) bond motifs is 1. The molecule has 0 spiro atoms. The Bertz CT molecular complexity index is 370. The van der Waals surface area contributed by atoms with Crippen LogP contribution in [0.25, 0.3) is 0 Å². The minimum atomic E-state index is -0.717. The van der Waals surface area contributed by atoms with E-state index in [0.717, 1.165) is 30.6 Å². The van der Waals surface area contributed by atoms with E-state index in [1.54, 1.807) is 7.11 Å². The lowest BCUT2D eigenvalue weighted by Crippen LogP contribution is -2.07. The van der Waals surface area contributed by atoms with Gasteiger partial charge >= 0.3 is 5.97 Å². The average Bonchev–Trinajstić information content (AvgIpc) is 2.72. The van der Waals surface area contributed by atoms with Crippen molar-refractivity contribution in [1.29, 1.82) is 0 Å². The molecule has 0 amide bonds. The highest BCUT2D eigenvalue weighted by Crippen LogP contribution is 2.30. The SMILES string of the molecule is COCCc1cc2n(c1)CCC2C(=O)O. The van der Waals surface area contributed by atoms with Crippen LogP contribution < -0.4 is 0 Å². The summed E-state index contributed by atoms with van der Waals surface area (Å²) in [6.07, 6.45) is 3.61. The second-order valence-electron chi connectivity index (χ2n) is 3.89. The molecule has 0 aromatic carbocycles. The monoisotopic (exact) mass is 209 g/mol. The molecule has 1 unspecified atom stereocenters. The largest absolute Gasteiger partial charge is 0.481 e. The molecular weight excluding hydrogens is 194 g/mol. The first-order valence-electron chi connectivity index (χ1n) is 5.13. The van der Waals surface area contributed by atoms with E-state index in [2.05, 4.69) is 0 Å². The Morgan fingerprint density at radius 2 is 2.53 bits per heavy atom. The van der Waals surface area contributed by atoms with Crippen LogP contribution in [0.3, 0.4) is 0 Å². The number of carboxylic acid groups (broad SMARTS) is 1. The molecule has 15 heavy (non-hydrogen) atoms. The number of carbonyl (C=O) groups is 1. The van der Waals surface area contributed by atoms with Crippen molar-refractivity contribution < 1.29 is 14.6 Å². The highest BCUT2D eigenvalue weighted by molar-refractivity contribution is 5.76. The maximum absolute atomic E-state index is 10.9. The Hall–Kier alpha value is -1.29. The van der Waals surface area contributed by atoms with Crippen LogP contribution in [0.1, 0.15) is 23.6 Å². The fourth-order valence-corrected chi connectivity index (χ4v) is 2.10. The number of aliphatic carboxylic acids is 1. The first-order valence-corrected chi connectivity index (χ1v) is 5.13. The Morgan fingerprint density at radius 3 is 3.20 bits per heavy atom. The van der Waals surface area contributed by atoms with Gasteiger partial charge in [0.05, 0.1) is 12.5 Å². The number of nitrogens with zero attached hydrogens (tertiary/aromatic N) is 1. The number of methoxy groups -OCH3 is 1. The summed E-state index contributed by atoms with van der Waals surface area (Å²) in [5.41, 5.74) is 2.10. The summed E-state index contributed by atoms with van der Waals surface area (Å²) in [6, 6.07) is 1.99. The average molecular weight is 209 g/mol. The maximum atomic E-state index is 10.9. The normalized spacial score (nSPS) is 19.1. The van der Waals surface area contributed by atoms with Crippen molar-refractivity contribution in [3.8, 4) is 0 Å². The lowest BCUT2D eigenvalue weighted by Gasteiger charge is -2.01. The number of hydrogen-bond donors (Lipinski definition) is 1. The van der Waals surface area contributed by atoms with Crippen molar-refractivity contribution in [3.05, 3.63) is 23.5 Å². The van der Waals surface area contributed by atoms with Gasteiger partial charge in [-0.05, 0) is 24.5 Å². The molecule has 2 rings (SSSR count). The molecule has 0 radical (unpaired) electrons. The van der Waals surface area contributed by atoms with Gasteiger partial charge in [0.25, 0.3) is 0 Å². The van der Waals surface area contributed by atoms with E-state index in [-0.39, 0.29) is 5.92 Å². The fourth-order valence-electron chi connectivity index (χ4n) is 2.10. The van der Waals surface area contributed by atoms with E-state index in [4.69, 9.17) is 9.84 Å². The third-order valence-corrected chi connectivity index (χ3v) is 2.90. The number of ether oxygens (including phenoxy) is 1. The zero-order chi connectivity index (χ0) is 10.8. The lowest BCUT2D eigenvalue weighted by molar-refractivity contribution is -0.138. The van der Waals surface area contributed by atoms with Crippen LogP contribution in [0.2, 0.25) is 0 Å². The first kappa shape index (κ1) is 10.2.